The number of carbonyl (C=O) groups is 2. The quantitative estimate of drug-likeness (QED) is 0.131. The number of aromatic nitrogens is 1. The van der Waals surface area contributed by atoms with Gasteiger partial charge in [-0.25, -0.2) is 9.37 Å². The Morgan fingerprint density at radius 3 is 2.27 bits per heavy atom. The van der Waals surface area contributed by atoms with E-state index in [1.807, 2.05) is 0 Å². The Hall–Kier alpha value is -4.04. The van der Waals surface area contributed by atoms with Gasteiger partial charge >= 0.3 is 0 Å². The van der Waals surface area contributed by atoms with Crippen molar-refractivity contribution in [3.05, 3.63) is 129 Å². The van der Waals surface area contributed by atoms with Crippen LogP contribution in [0.2, 0.25) is 10.2 Å². The van der Waals surface area contributed by atoms with Crippen LogP contribution < -0.4 is 10.6 Å². The molecule has 0 bridgehead atoms. The topological polar surface area (TPSA) is 124 Å². The summed E-state index contributed by atoms with van der Waals surface area (Å²) < 4.78 is 53.3. The number of carbonyl (C=O) groups excluding carboxylic acids is 2. The fraction of sp³-hybridized carbons (Fsp3) is 0.405. The highest BCUT2D eigenvalue weighted by atomic mass is 35.5. The number of aliphatic hydroxyl groups excluding tert-OH is 2. The van der Waals surface area contributed by atoms with E-state index in [-0.39, 0.29) is 53.2 Å². The minimum Gasteiger partial charge on any atom is -0.394 e. The average Bonchev–Trinajstić information content (AvgIpc) is 3.64. The van der Waals surface area contributed by atoms with E-state index < -0.39 is 83.6 Å². The monoisotopic (exact) mass is 808 g/mol. The molecule has 4 heterocycles. The van der Waals surface area contributed by atoms with Crippen LogP contribution in [0.4, 0.5) is 19.0 Å². The maximum Gasteiger partial charge on any atom is 0.238 e. The molecule has 4 aliphatic rings. The summed E-state index contributed by atoms with van der Waals surface area (Å²) in [5.74, 6) is -3.48. The zero-order valence-electron chi connectivity index (χ0n) is 30.2. The van der Waals surface area contributed by atoms with Crippen LogP contribution in [-0.4, -0.2) is 82.2 Å². The number of nitrogens with one attached hydrogen (secondary N) is 2. The van der Waals surface area contributed by atoms with Crippen LogP contribution in [0.1, 0.15) is 66.0 Å². The molecule has 56 heavy (non-hydrogen) atoms. The van der Waals surface area contributed by atoms with Gasteiger partial charge in [-0.15, -0.1) is 0 Å². The van der Waals surface area contributed by atoms with Crippen LogP contribution in [-0.2, 0) is 19.7 Å². The van der Waals surface area contributed by atoms with Crippen molar-refractivity contribution in [1.29, 1.82) is 0 Å². The third kappa shape index (κ3) is 5.94. The molecule has 8 rings (SSSR count). The first-order valence-corrected chi connectivity index (χ1v) is 19.4. The number of alkyl halides is 2. The Balaban J connectivity index is 1.45. The van der Waals surface area contributed by atoms with Gasteiger partial charge in [-0.1, -0.05) is 102 Å². The largest absolute Gasteiger partial charge is 0.394 e. The number of hydrogen-bond donors (Lipinski definition) is 4. The second kappa shape index (κ2) is 15.0. The van der Waals surface area contributed by atoms with Gasteiger partial charge in [-0.05, 0) is 54.5 Å². The molecular formula is C42H41Cl2F3N4O5. The highest BCUT2D eigenvalue weighted by Crippen LogP contribution is 2.74. The van der Waals surface area contributed by atoms with Crippen LogP contribution in [0.3, 0.4) is 0 Å². The summed E-state index contributed by atoms with van der Waals surface area (Å²) in [7, 11) is 0. The van der Waals surface area contributed by atoms with Crippen LogP contribution in [0.5, 0.6) is 0 Å². The normalized spacial score (nSPS) is 27.4. The minimum atomic E-state index is -1.93. The summed E-state index contributed by atoms with van der Waals surface area (Å²) in [5, 5.41) is 28.1. The fourth-order valence-electron chi connectivity index (χ4n) is 10.2. The number of aliphatic hydroxyl groups is 2. The van der Waals surface area contributed by atoms with Crippen molar-refractivity contribution in [2.45, 2.75) is 72.9 Å². The first-order valence-electron chi connectivity index (χ1n) is 18.7. The van der Waals surface area contributed by atoms with E-state index in [4.69, 9.17) is 27.9 Å². The van der Waals surface area contributed by atoms with Crippen molar-refractivity contribution >= 4 is 40.8 Å². The zero-order chi connectivity index (χ0) is 39.4. The Labute approximate surface area is 332 Å². The molecule has 14 heteroatoms. The molecule has 4 N–H and O–H groups in total. The molecular weight excluding hydrogens is 768 g/mol. The van der Waals surface area contributed by atoms with E-state index in [2.05, 4.69) is 15.6 Å². The van der Waals surface area contributed by atoms with Crippen molar-refractivity contribution in [1.82, 2.24) is 15.2 Å². The lowest BCUT2D eigenvalue weighted by Gasteiger charge is -2.63. The Kier molecular flexibility index (Phi) is 10.4. The summed E-state index contributed by atoms with van der Waals surface area (Å²) >= 11 is 12.9. The number of fused-ring (bicyclic) bond motifs is 3. The van der Waals surface area contributed by atoms with E-state index in [1.165, 1.54) is 24.3 Å². The summed E-state index contributed by atoms with van der Waals surface area (Å²) in [5.41, 5.74) is -3.92. The molecule has 2 spiro atoms. The lowest BCUT2D eigenvalue weighted by atomic mass is 9.45. The molecule has 3 fully saturated rings. The first-order chi connectivity index (χ1) is 27.0. The fourth-order valence-corrected chi connectivity index (χ4v) is 10.5. The summed E-state index contributed by atoms with van der Waals surface area (Å²) in [6.45, 7) is -2.26. The molecule has 2 saturated heterocycles. The van der Waals surface area contributed by atoms with Gasteiger partial charge in [-0.2, -0.15) is 0 Å². The number of benzene rings is 3. The number of likely N-dealkylation sites (tertiary alicyclic amines) is 1. The molecule has 1 aliphatic carbocycles. The van der Waals surface area contributed by atoms with Gasteiger partial charge in [0.2, 0.25) is 11.8 Å². The Morgan fingerprint density at radius 1 is 0.964 bits per heavy atom. The number of hydrogen-bond acceptors (Lipinski definition) is 7. The molecule has 1 unspecified atom stereocenters. The van der Waals surface area contributed by atoms with Crippen molar-refractivity contribution < 1.29 is 37.7 Å². The first kappa shape index (κ1) is 38.8. The second-order valence-electron chi connectivity index (χ2n) is 15.5. The maximum atomic E-state index is 16.9. The molecule has 4 aromatic rings. The minimum absolute atomic E-state index is 0.0559. The van der Waals surface area contributed by atoms with Crippen molar-refractivity contribution in [2.24, 2.45) is 5.41 Å². The van der Waals surface area contributed by atoms with E-state index in [0.717, 1.165) is 0 Å². The van der Waals surface area contributed by atoms with Gasteiger partial charge in [0.05, 0.1) is 61.9 Å². The number of ether oxygens (including phenoxy) is 1. The van der Waals surface area contributed by atoms with E-state index in [9.17, 15) is 10.2 Å². The zero-order valence-corrected chi connectivity index (χ0v) is 31.7. The van der Waals surface area contributed by atoms with Gasteiger partial charge in [0, 0.05) is 22.4 Å². The third-order valence-corrected chi connectivity index (χ3v) is 13.0. The van der Waals surface area contributed by atoms with E-state index in [1.54, 1.807) is 71.6 Å². The van der Waals surface area contributed by atoms with E-state index >= 15 is 22.8 Å². The standard InChI is InChI=1S/C42H41Cl2F3N4O5/c43-30-13-7-12-28(33(30)47)32-35(38(54)48-26-14-15-27(18-52)56-19-26)51(34(24-8-3-1-4-9-24)36(53)25-10-5-2-6-11-25)41(20-40(21-41,22-45)23-46)42(32)29-16-17-31(44)49-37(29)50-39(42)55/h1-13,16-17,26-27,32,34-36,52-53H,14-15,18-23H2,(H,48,54)(H,49,50,55)/t26-,27+,32+,34-,35-,36+,42?/m1/s1. The molecule has 294 valence electrons. The van der Waals surface area contributed by atoms with Crippen molar-refractivity contribution in [2.75, 3.05) is 31.9 Å². The summed E-state index contributed by atoms with van der Waals surface area (Å²) in [6.07, 6.45) is -1.43. The third-order valence-electron chi connectivity index (χ3n) is 12.5. The van der Waals surface area contributed by atoms with Gasteiger partial charge in [-0.3, -0.25) is 23.3 Å². The molecule has 9 nitrogen and oxygen atoms in total. The number of amides is 2. The molecule has 1 aromatic heterocycles. The molecule has 2 amide bonds. The molecule has 7 atom stereocenters. The van der Waals surface area contributed by atoms with Crippen LogP contribution in [0.25, 0.3) is 0 Å². The summed E-state index contributed by atoms with van der Waals surface area (Å²) in [6, 6.07) is 22.0. The number of anilines is 1. The lowest BCUT2D eigenvalue weighted by Crippen LogP contribution is -2.72. The number of pyridine rings is 1. The summed E-state index contributed by atoms with van der Waals surface area (Å²) in [4.78, 5) is 37.0. The molecule has 3 aromatic carbocycles. The van der Waals surface area contributed by atoms with Gasteiger partial charge in [0.15, 0.2) is 0 Å². The van der Waals surface area contributed by atoms with Crippen molar-refractivity contribution in [3.8, 4) is 0 Å². The van der Waals surface area contributed by atoms with Crippen LogP contribution in [0.15, 0.2) is 91.0 Å². The maximum absolute atomic E-state index is 16.9. The molecule has 1 saturated carbocycles. The average molecular weight is 810 g/mol. The second-order valence-corrected chi connectivity index (χ2v) is 16.3. The predicted molar refractivity (Wildman–Crippen MR) is 204 cm³/mol. The highest BCUT2D eigenvalue weighted by Gasteiger charge is 2.82. The Bertz CT molecular complexity index is 2100. The number of halogens is 5. The van der Waals surface area contributed by atoms with Crippen LogP contribution >= 0.6 is 23.2 Å². The lowest BCUT2D eigenvalue weighted by molar-refractivity contribution is -0.166. The molecule has 0 radical (unpaired) electrons. The number of nitrogens with zero attached hydrogens (tertiary/aromatic N) is 2. The smallest absolute Gasteiger partial charge is 0.238 e. The molecule has 3 aliphatic heterocycles. The predicted octanol–water partition coefficient (Wildman–Crippen LogP) is 6.77. The van der Waals surface area contributed by atoms with Crippen molar-refractivity contribution in [3.63, 3.8) is 0 Å². The van der Waals surface area contributed by atoms with Crippen LogP contribution in [0, 0.1) is 11.2 Å². The SMILES string of the molecule is O=C(N[C@@H]1CC[C@@H](CO)OC1)[C@H]1[C@H](c2cccc(Cl)c2F)C2(C(=O)Nc3nc(Cl)ccc32)C2(CC(CF)(CF)C2)N1[C@H](c1ccccc1)[C@@H](O)c1ccccc1. The number of rotatable bonds is 10. The van der Waals surface area contributed by atoms with Gasteiger partial charge < -0.3 is 25.6 Å². The van der Waals surface area contributed by atoms with Gasteiger partial charge in [0.1, 0.15) is 22.2 Å². The van der Waals surface area contributed by atoms with Gasteiger partial charge in [0.25, 0.3) is 0 Å². The highest BCUT2D eigenvalue weighted by molar-refractivity contribution is 6.31. The van der Waals surface area contributed by atoms with E-state index in [0.29, 0.717) is 24.0 Å². The Morgan fingerprint density at radius 2 is 1.64 bits per heavy atom.